The zero-order valence-corrected chi connectivity index (χ0v) is 14.5. The van der Waals surface area contributed by atoms with Crippen molar-refractivity contribution in [2.75, 3.05) is 33.3 Å². The third-order valence-electron chi connectivity index (χ3n) is 4.40. The fourth-order valence-corrected chi connectivity index (χ4v) is 3.07. The number of ether oxygens (including phenoxy) is 1. The second kappa shape index (κ2) is 8.02. The minimum Gasteiger partial charge on any atom is -0.491 e. The first-order valence-electron chi connectivity index (χ1n) is 8.70. The number of likely N-dealkylation sites (tertiary alicyclic amines) is 1. The second-order valence-corrected chi connectivity index (χ2v) is 6.21. The normalized spacial score (nSPS) is 15.6. The van der Waals surface area contributed by atoms with Crippen LogP contribution in [0.15, 0.2) is 29.3 Å². The summed E-state index contributed by atoms with van der Waals surface area (Å²) >= 11 is 0. The zero-order chi connectivity index (χ0) is 17.6. The number of hydrogen-bond donors (Lipinski definition) is 3. The number of H-pyrrole nitrogens is 1. The van der Waals surface area contributed by atoms with E-state index >= 15 is 0 Å². The minimum absolute atomic E-state index is 0.0852. The summed E-state index contributed by atoms with van der Waals surface area (Å²) in [7, 11) is 1.62. The molecular formula is C18H25N5O2. The summed E-state index contributed by atoms with van der Waals surface area (Å²) in [6.45, 7) is 4.13. The van der Waals surface area contributed by atoms with E-state index in [-0.39, 0.29) is 5.96 Å². The standard InChI is InChI=1S/C18H25N5O2/c1-20-18(19)22-17(24)14-12-13-6-4-7-15(16(13)21-14)25-11-5-10-23-8-2-3-9-23/h4,6-7,12,21H,2-3,5,8-11H2,1H3,(H3,19,20,22,24). The molecule has 1 aliphatic rings. The number of amides is 1. The van der Waals surface area contributed by atoms with Crippen molar-refractivity contribution < 1.29 is 9.53 Å². The van der Waals surface area contributed by atoms with Gasteiger partial charge in [-0.2, -0.15) is 4.99 Å². The zero-order valence-electron chi connectivity index (χ0n) is 14.5. The molecule has 134 valence electrons. The van der Waals surface area contributed by atoms with Crippen molar-refractivity contribution >= 4 is 22.8 Å². The maximum atomic E-state index is 12.1. The molecule has 7 nitrogen and oxygen atoms in total. The fraction of sp³-hybridized carbons (Fsp3) is 0.444. The van der Waals surface area contributed by atoms with Gasteiger partial charge < -0.3 is 25.7 Å². The number of para-hydroxylation sites is 1. The molecule has 7 heteroatoms. The number of aromatic nitrogens is 1. The molecule has 0 saturated carbocycles. The van der Waals surface area contributed by atoms with Crippen LogP contribution in [0.5, 0.6) is 5.75 Å². The van der Waals surface area contributed by atoms with Gasteiger partial charge in [0.25, 0.3) is 5.91 Å². The van der Waals surface area contributed by atoms with Gasteiger partial charge in [-0.05, 0) is 44.5 Å². The SMILES string of the molecule is CNC(N)=NC(=O)c1cc2cccc(OCCCN3CCCC3)c2[nH]1. The summed E-state index contributed by atoms with van der Waals surface area (Å²) in [5.41, 5.74) is 6.74. The first-order chi connectivity index (χ1) is 12.2. The van der Waals surface area contributed by atoms with Crippen molar-refractivity contribution in [3.05, 3.63) is 30.0 Å². The second-order valence-electron chi connectivity index (χ2n) is 6.21. The highest BCUT2D eigenvalue weighted by atomic mass is 16.5. The highest BCUT2D eigenvalue weighted by Crippen LogP contribution is 2.26. The van der Waals surface area contributed by atoms with Crippen LogP contribution in [0.1, 0.15) is 29.8 Å². The van der Waals surface area contributed by atoms with Crippen molar-refractivity contribution in [2.24, 2.45) is 10.7 Å². The lowest BCUT2D eigenvalue weighted by Gasteiger charge is -2.14. The average Bonchev–Trinajstić information content (AvgIpc) is 3.28. The first kappa shape index (κ1) is 17.3. The fourth-order valence-electron chi connectivity index (χ4n) is 3.07. The topological polar surface area (TPSA) is 95.7 Å². The number of carbonyl (C=O) groups excluding carboxylic acids is 1. The lowest BCUT2D eigenvalue weighted by Crippen LogP contribution is -2.28. The molecule has 25 heavy (non-hydrogen) atoms. The molecule has 1 aromatic heterocycles. The summed E-state index contributed by atoms with van der Waals surface area (Å²) in [6, 6.07) is 7.53. The molecule has 2 aromatic rings. The van der Waals surface area contributed by atoms with Crippen LogP contribution in [0.4, 0.5) is 0 Å². The average molecular weight is 343 g/mol. The Morgan fingerprint density at radius 2 is 2.20 bits per heavy atom. The molecule has 4 N–H and O–H groups in total. The Hall–Kier alpha value is -2.54. The summed E-state index contributed by atoms with van der Waals surface area (Å²) < 4.78 is 5.93. The number of rotatable bonds is 6. The molecule has 1 saturated heterocycles. The number of nitrogens with zero attached hydrogens (tertiary/aromatic N) is 2. The molecule has 1 aromatic carbocycles. The lowest BCUT2D eigenvalue weighted by molar-refractivity contribution is 0.0998. The maximum Gasteiger partial charge on any atom is 0.296 e. The number of hydrogen-bond acceptors (Lipinski definition) is 3. The van der Waals surface area contributed by atoms with Gasteiger partial charge in [0.15, 0.2) is 5.96 Å². The highest BCUT2D eigenvalue weighted by Gasteiger charge is 2.13. The monoisotopic (exact) mass is 343 g/mol. The molecule has 0 unspecified atom stereocenters. The number of aliphatic imine (C=N–C) groups is 1. The number of benzene rings is 1. The van der Waals surface area contributed by atoms with E-state index in [1.165, 1.54) is 25.9 Å². The lowest BCUT2D eigenvalue weighted by atomic mass is 10.2. The van der Waals surface area contributed by atoms with Gasteiger partial charge in [-0.15, -0.1) is 0 Å². The van der Waals surface area contributed by atoms with E-state index in [9.17, 15) is 4.79 Å². The van der Waals surface area contributed by atoms with Crippen molar-refractivity contribution in [2.45, 2.75) is 19.3 Å². The van der Waals surface area contributed by atoms with Gasteiger partial charge in [-0.3, -0.25) is 4.79 Å². The van der Waals surface area contributed by atoms with Crippen LogP contribution in [0.2, 0.25) is 0 Å². The van der Waals surface area contributed by atoms with Gasteiger partial charge in [0.2, 0.25) is 0 Å². The van der Waals surface area contributed by atoms with Gasteiger partial charge in [0.1, 0.15) is 11.4 Å². The molecule has 0 radical (unpaired) electrons. The summed E-state index contributed by atoms with van der Waals surface area (Å²) in [5, 5.41) is 3.55. The van der Waals surface area contributed by atoms with E-state index in [1.807, 2.05) is 18.2 Å². The van der Waals surface area contributed by atoms with Crippen LogP contribution in [-0.2, 0) is 0 Å². The largest absolute Gasteiger partial charge is 0.491 e. The Bertz CT molecular complexity index is 762. The molecule has 2 heterocycles. The van der Waals surface area contributed by atoms with E-state index < -0.39 is 5.91 Å². The van der Waals surface area contributed by atoms with Crippen LogP contribution in [0.25, 0.3) is 10.9 Å². The third-order valence-corrected chi connectivity index (χ3v) is 4.40. The van der Waals surface area contributed by atoms with Crippen molar-refractivity contribution in [3.8, 4) is 5.75 Å². The quantitative estimate of drug-likeness (QED) is 0.421. The Morgan fingerprint density at radius 3 is 2.96 bits per heavy atom. The molecule has 0 bridgehead atoms. The molecule has 1 fully saturated rings. The number of aromatic amines is 1. The molecule has 3 rings (SSSR count). The van der Waals surface area contributed by atoms with Crippen LogP contribution < -0.4 is 15.8 Å². The van der Waals surface area contributed by atoms with Gasteiger partial charge >= 0.3 is 0 Å². The predicted octanol–water partition coefficient (Wildman–Crippen LogP) is 1.71. The van der Waals surface area contributed by atoms with Crippen LogP contribution in [0, 0.1) is 0 Å². The van der Waals surface area contributed by atoms with E-state index in [1.54, 1.807) is 13.1 Å². The van der Waals surface area contributed by atoms with E-state index in [2.05, 4.69) is 20.2 Å². The third kappa shape index (κ3) is 4.30. The van der Waals surface area contributed by atoms with E-state index in [4.69, 9.17) is 10.5 Å². The Kier molecular flexibility index (Phi) is 5.55. The van der Waals surface area contributed by atoms with E-state index in [0.717, 1.165) is 29.6 Å². The summed E-state index contributed by atoms with van der Waals surface area (Å²) in [6.07, 6.45) is 3.60. The minimum atomic E-state index is -0.414. The number of guanidine groups is 1. The van der Waals surface area contributed by atoms with Crippen molar-refractivity contribution in [3.63, 3.8) is 0 Å². The maximum absolute atomic E-state index is 12.1. The highest BCUT2D eigenvalue weighted by molar-refractivity contribution is 6.04. The predicted molar refractivity (Wildman–Crippen MR) is 99.1 cm³/mol. The number of nitrogens with one attached hydrogen (secondary N) is 2. The molecular weight excluding hydrogens is 318 g/mol. The number of nitrogens with two attached hydrogens (primary N) is 1. The smallest absolute Gasteiger partial charge is 0.296 e. The molecule has 0 aliphatic carbocycles. The number of carbonyl (C=O) groups is 1. The van der Waals surface area contributed by atoms with Gasteiger partial charge in [-0.1, -0.05) is 12.1 Å². The van der Waals surface area contributed by atoms with Crippen LogP contribution in [0.3, 0.4) is 0 Å². The van der Waals surface area contributed by atoms with E-state index in [0.29, 0.717) is 12.3 Å². The molecule has 1 amide bonds. The van der Waals surface area contributed by atoms with Crippen LogP contribution >= 0.6 is 0 Å². The summed E-state index contributed by atoms with van der Waals surface area (Å²) in [4.78, 5) is 21.5. The van der Waals surface area contributed by atoms with Gasteiger partial charge in [-0.25, -0.2) is 0 Å². The number of fused-ring (bicyclic) bond motifs is 1. The Balaban J connectivity index is 1.65. The van der Waals surface area contributed by atoms with Crippen LogP contribution in [-0.4, -0.2) is 55.0 Å². The van der Waals surface area contributed by atoms with Gasteiger partial charge in [0, 0.05) is 19.0 Å². The summed E-state index contributed by atoms with van der Waals surface area (Å²) in [5.74, 6) is 0.425. The van der Waals surface area contributed by atoms with Crippen molar-refractivity contribution in [1.82, 2.24) is 15.2 Å². The van der Waals surface area contributed by atoms with Gasteiger partial charge in [0.05, 0.1) is 12.1 Å². The Morgan fingerprint density at radius 1 is 1.40 bits per heavy atom. The molecule has 0 spiro atoms. The molecule has 1 aliphatic heterocycles. The Labute approximate surface area is 147 Å². The first-order valence-corrected chi connectivity index (χ1v) is 8.70. The van der Waals surface area contributed by atoms with Crippen molar-refractivity contribution in [1.29, 1.82) is 0 Å². The molecule has 0 atom stereocenters.